The number of hydrogen-bond acceptors (Lipinski definition) is 3. The van der Waals surface area contributed by atoms with Crippen LogP contribution >= 0.6 is 0 Å². The molecule has 0 fully saturated rings. The number of hydrogen-bond donors (Lipinski definition) is 2. The van der Waals surface area contributed by atoms with Crippen molar-refractivity contribution in [1.29, 1.82) is 0 Å². The summed E-state index contributed by atoms with van der Waals surface area (Å²) in [5.41, 5.74) is 1.34. The highest BCUT2D eigenvalue weighted by Crippen LogP contribution is 2.26. The van der Waals surface area contributed by atoms with Crippen LogP contribution in [0.5, 0.6) is 5.75 Å². The topological polar surface area (TPSA) is 63.5 Å². The Morgan fingerprint density at radius 3 is 2.66 bits per heavy atom. The fourth-order valence-corrected chi connectivity index (χ4v) is 2.91. The molecular formula is C21H17F3N2O3. The standard InChI is InChI=1S/C21H17F3N2O3/c1-29-19-12-15(20(27)28)8-9-17(19)25-10-4-6-16-11-14-5-2-3-7-18(14)26(16)13-21(22,23)24/h2-3,5,7-9,11-12,25H,10,13H2,1H3,(H,27,28). The second kappa shape index (κ2) is 8.19. The number of carbonyl (C=O) groups is 1. The van der Waals surface area contributed by atoms with Crippen LogP contribution in [-0.2, 0) is 6.54 Å². The number of methoxy groups -OCH3 is 1. The molecule has 0 unspecified atom stereocenters. The molecule has 0 spiro atoms. The van der Waals surface area contributed by atoms with Crippen molar-refractivity contribution in [2.24, 2.45) is 0 Å². The average molecular weight is 402 g/mol. The third-order valence-corrected chi connectivity index (χ3v) is 4.18. The first kappa shape index (κ1) is 20.1. The Bertz CT molecular complexity index is 1110. The first-order chi connectivity index (χ1) is 13.8. The molecule has 8 heteroatoms. The molecule has 1 aromatic heterocycles. The minimum Gasteiger partial charge on any atom is -0.495 e. The third kappa shape index (κ3) is 4.82. The van der Waals surface area contributed by atoms with E-state index in [1.807, 2.05) is 0 Å². The van der Waals surface area contributed by atoms with E-state index in [1.54, 1.807) is 36.4 Å². The number of para-hydroxylation sites is 1. The van der Waals surface area contributed by atoms with Crippen LogP contribution in [0.4, 0.5) is 18.9 Å². The Morgan fingerprint density at radius 1 is 1.21 bits per heavy atom. The second-order valence-electron chi connectivity index (χ2n) is 6.17. The molecule has 2 N–H and O–H groups in total. The molecule has 0 aliphatic rings. The molecule has 3 aromatic rings. The number of aromatic nitrogens is 1. The lowest BCUT2D eigenvalue weighted by atomic mass is 10.2. The predicted molar refractivity (Wildman–Crippen MR) is 103 cm³/mol. The lowest BCUT2D eigenvalue weighted by Crippen LogP contribution is -2.18. The number of carboxylic acids is 1. The lowest BCUT2D eigenvalue weighted by Gasteiger charge is -2.11. The van der Waals surface area contributed by atoms with Gasteiger partial charge in [0.05, 0.1) is 30.6 Å². The third-order valence-electron chi connectivity index (χ3n) is 4.18. The average Bonchev–Trinajstić information content (AvgIpc) is 3.01. The molecule has 5 nitrogen and oxygen atoms in total. The summed E-state index contributed by atoms with van der Waals surface area (Å²) in [6.07, 6.45) is -4.37. The minimum absolute atomic E-state index is 0.0788. The number of rotatable bonds is 5. The van der Waals surface area contributed by atoms with Gasteiger partial charge < -0.3 is 19.7 Å². The molecule has 0 aliphatic heterocycles. The number of carboxylic acid groups (broad SMARTS) is 1. The van der Waals surface area contributed by atoms with Gasteiger partial charge in [0.25, 0.3) is 0 Å². The Labute approximate surface area is 164 Å². The van der Waals surface area contributed by atoms with E-state index < -0.39 is 18.7 Å². The van der Waals surface area contributed by atoms with Crippen molar-refractivity contribution < 1.29 is 27.8 Å². The largest absolute Gasteiger partial charge is 0.495 e. The molecule has 1 heterocycles. The van der Waals surface area contributed by atoms with E-state index in [4.69, 9.17) is 9.84 Å². The SMILES string of the molecule is COc1cc(C(=O)O)ccc1NCC#Cc1cc2ccccc2n1CC(F)(F)F. The zero-order valence-electron chi connectivity index (χ0n) is 15.4. The summed E-state index contributed by atoms with van der Waals surface area (Å²) in [7, 11) is 1.41. The summed E-state index contributed by atoms with van der Waals surface area (Å²) < 4.78 is 45.2. The van der Waals surface area contributed by atoms with Gasteiger partial charge in [0.2, 0.25) is 0 Å². The molecule has 0 atom stereocenters. The first-order valence-electron chi connectivity index (χ1n) is 8.57. The van der Waals surface area contributed by atoms with Crippen LogP contribution in [0.25, 0.3) is 10.9 Å². The maximum Gasteiger partial charge on any atom is 0.406 e. The Kier molecular flexibility index (Phi) is 5.69. The quantitative estimate of drug-likeness (QED) is 0.622. The molecule has 0 bridgehead atoms. The fourth-order valence-electron chi connectivity index (χ4n) is 2.91. The van der Waals surface area contributed by atoms with Gasteiger partial charge in [-0.15, -0.1) is 0 Å². The highest BCUT2D eigenvalue weighted by Gasteiger charge is 2.29. The monoisotopic (exact) mass is 402 g/mol. The van der Waals surface area contributed by atoms with E-state index in [9.17, 15) is 18.0 Å². The Morgan fingerprint density at radius 2 is 1.97 bits per heavy atom. The molecule has 0 radical (unpaired) electrons. The van der Waals surface area contributed by atoms with Crippen molar-refractivity contribution in [1.82, 2.24) is 4.57 Å². The van der Waals surface area contributed by atoms with E-state index >= 15 is 0 Å². The highest BCUT2D eigenvalue weighted by atomic mass is 19.4. The number of halogens is 3. The second-order valence-corrected chi connectivity index (χ2v) is 6.17. The van der Waals surface area contributed by atoms with Gasteiger partial charge in [-0.3, -0.25) is 0 Å². The Hall–Kier alpha value is -3.60. The van der Waals surface area contributed by atoms with Gasteiger partial charge in [-0.05, 0) is 36.3 Å². The van der Waals surface area contributed by atoms with Crippen LogP contribution < -0.4 is 10.1 Å². The van der Waals surface area contributed by atoms with Crippen LogP contribution in [0.1, 0.15) is 16.1 Å². The molecular weight excluding hydrogens is 385 g/mol. The van der Waals surface area contributed by atoms with E-state index in [2.05, 4.69) is 17.2 Å². The molecule has 29 heavy (non-hydrogen) atoms. The number of ether oxygens (including phenoxy) is 1. The summed E-state index contributed by atoms with van der Waals surface area (Å²) >= 11 is 0. The van der Waals surface area contributed by atoms with E-state index in [-0.39, 0.29) is 17.8 Å². The predicted octanol–water partition coefficient (Wildman–Crippen LogP) is 4.37. The molecule has 0 aliphatic carbocycles. The van der Waals surface area contributed by atoms with Crippen molar-refractivity contribution in [3.63, 3.8) is 0 Å². The van der Waals surface area contributed by atoms with E-state index in [0.717, 1.165) is 4.57 Å². The zero-order chi connectivity index (χ0) is 21.0. The van der Waals surface area contributed by atoms with Gasteiger partial charge in [0.1, 0.15) is 12.3 Å². The number of alkyl halides is 3. The van der Waals surface area contributed by atoms with Crippen molar-refractivity contribution in [2.75, 3.05) is 19.0 Å². The van der Waals surface area contributed by atoms with Crippen LogP contribution in [0.3, 0.4) is 0 Å². The minimum atomic E-state index is -4.37. The number of nitrogens with one attached hydrogen (secondary N) is 1. The van der Waals surface area contributed by atoms with Crippen LogP contribution in [-0.4, -0.2) is 35.5 Å². The summed E-state index contributed by atoms with van der Waals surface area (Å²) in [6, 6.07) is 12.8. The van der Waals surface area contributed by atoms with Crippen LogP contribution in [0.15, 0.2) is 48.5 Å². The van der Waals surface area contributed by atoms with Crippen molar-refractivity contribution in [2.45, 2.75) is 12.7 Å². The van der Waals surface area contributed by atoms with Gasteiger partial charge in [0, 0.05) is 10.9 Å². The van der Waals surface area contributed by atoms with Crippen LogP contribution in [0, 0.1) is 11.8 Å². The maximum absolute atomic E-state index is 13.0. The zero-order valence-corrected chi connectivity index (χ0v) is 15.4. The number of fused-ring (bicyclic) bond motifs is 1. The summed E-state index contributed by atoms with van der Waals surface area (Å²) in [6.45, 7) is -0.987. The molecule has 2 aromatic carbocycles. The Balaban J connectivity index is 1.81. The van der Waals surface area contributed by atoms with E-state index in [1.165, 1.54) is 19.2 Å². The van der Waals surface area contributed by atoms with E-state index in [0.29, 0.717) is 22.3 Å². The molecule has 0 saturated carbocycles. The summed E-state index contributed by atoms with van der Waals surface area (Å²) in [4.78, 5) is 11.0. The number of benzene rings is 2. The van der Waals surface area contributed by atoms with Crippen molar-refractivity contribution in [3.05, 3.63) is 59.8 Å². The van der Waals surface area contributed by atoms with Gasteiger partial charge in [0.15, 0.2) is 0 Å². The molecule has 0 saturated heterocycles. The fraction of sp³-hybridized carbons (Fsp3) is 0.190. The van der Waals surface area contributed by atoms with Crippen LogP contribution in [0.2, 0.25) is 0 Å². The lowest BCUT2D eigenvalue weighted by molar-refractivity contribution is -0.140. The van der Waals surface area contributed by atoms with Gasteiger partial charge >= 0.3 is 12.1 Å². The number of nitrogens with zero attached hydrogens (tertiary/aromatic N) is 1. The van der Waals surface area contributed by atoms with Crippen molar-refractivity contribution >= 4 is 22.6 Å². The molecule has 150 valence electrons. The number of anilines is 1. The van der Waals surface area contributed by atoms with Gasteiger partial charge in [-0.25, -0.2) is 4.79 Å². The highest BCUT2D eigenvalue weighted by molar-refractivity contribution is 5.89. The summed E-state index contributed by atoms with van der Waals surface area (Å²) in [5, 5.41) is 12.7. The first-order valence-corrected chi connectivity index (χ1v) is 8.57. The molecule has 3 rings (SSSR count). The normalized spacial score (nSPS) is 11.0. The maximum atomic E-state index is 13.0. The molecule has 0 amide bonds. The smallest absolute Gasteiger partial charge is 0.406 e. The summed E-state index contributed by atoms with van der Waals surface area (Å²) in [5.74, 6) is 4.84. The van der Waals surface area contributed by atoms with Gasteiger partial charge in [-0.2, -0.15) is 13.2 Å². The number of aromatic carboxylic acids is 1. The van der Waals surface area contributed by atoms with Gasteiger partial charge in [-0.1, -0.05) is 24.1 Å². The van der Waals surface area contributed by atoms with Crippen molar-refractivity contribution in [3.8, 4) is 17.6 Å².